The van der Waals surface area contributed by atoms with Crippen molar-refractivity contribution < 1.29 is 4.84 Å². The first-order valence-electron chi connectivity index (χ1n) is 4.21. The van der Waals surface area contributed by atoms with Crippen LogP contribution >= 0.6 is 0 Å². The lowest BCUT2D eigenvalue weighted by Gasteiger charge is -2.15. The fourth-order valence-electron chi connectivity index (χ4n) is 0.777. The molecular formula is C8H16N2OSi. The van der Waals surface area contributed by atoms with Gasteiger partial charge in [0.1, 0.15) is 6.61 Å². The lowest BCUT2D eigenvalue weighted by Crippen LogP contribution is -2.25. The van der Waals surface area contributed by atoms with Crippen LogP contribution in [0.25, 0.3) is 0 Å². The van der Waals surface area contributed by atoms with E-state index in [-0.39, 0.29) is 0 Å². The van der Waals surface area contributed by atoms with Crippen molar-refractivity contribution in [2.24, 2.45) is 0 Å². The average Bonchev–Trinajstić information content (AvgIpc) is 2.36. The minimum Gasteiger partial charge on any atom is -0.397 e. The van der Waals surface area contributed by atoms with Crippen molar-refractivity contribution in [1.29, 1.82) is 0 Å². The highest BCUT2D eigenvalue weighted by Gasteiger charge is 2.12. The molecule has 0 saturated carbocycles. The maximum Gasteiger partial charge on any atom is 0.114 e. The second-order valence-corrected chi connectivity index (χ2v) is 9.67. The zero-order valence-electron chi connectivity index (χ0n) is 7.95. The second-order valence-electron chi connectivity index (χ2n) is 4.05. The first-order chi connectivity index (χ1) is 5.58. The van der Waals surface area contributed by atoms with Crippen molar-refractivity contribution in [1.82, 2.24) is 9.94 Å². The molecule has 0 radical (unpaired) electrons. The molecule has 4 heteroatoms. The van der Waals surface area contributed by atoms with Gasteiger partial charge in [-0.2, -0.15) is 0 Å². The number of rotatable bonds is 4. The molecule has 0 amide bonds. The Morgan fingerprint density at radius 3 is 2.67 bits per heavy atom. The zero-order chi connectivity index (χ0) is 9.03. The van der Waals surface area contributed by atoms with Crippen molar-refractivity contribution in [3.8, 4) is 0 Å². The fraction of sp³-hybridized carbons (Fsp3) is 0.625. The van der Waals surface area contributed by atoms with E-state index in [4.69, 9.17) is 4.84 Å². The Morgan fingerprint density at radius 2 is 2.17 bits per heavy atom. The maximum absolute atomic E-state index is 5.36. The average molecular weight is 184 g/mol. The van der Waals surface area contributed by atoms with Gasteiger partial charge in [0.15, 0.2) is 0 Å². The van der Waals surface area contributed by atoms with Crippen molar-refractivity contribution in [3.63, 3.8) is 0 Å². The molecule has 0 fully saturated rings. The molecule has 0 saturated heterocycles. The van der Waals surface area contributed by atoms with Gasteiger partial charge in [0.25, 0.3) is 0 Å². The Labute approximate surface area is 74.3 Å². The molecular weight excluding hydrogens is 168 g/mol. The van der Waals surface area contributed by atoms with E-state index in [1.807, 2.05) is 12.3 Å². The standard InChI is InChI=1S/C8H16N2OSi/c1-12(2,3)8-7-11-10-6-4-5-9-10/h4-6H,7-8H2,1-3H3. The van der Waals surface area contributed by atoms with Crippen molar-refractivity contribution in [2.45, 2.75) is 25.7 Å². The van der Waals surface area contributed by atoms with Crippen LogP contribution in [-0.4, -0.2) is 24.6 Å². The predicted octanol–water partition coefficient (Wildman–Crippen LogP) is 1.65. The summed E-state index contributed by atoms with van der Waals surface area (Å²) in [5.74, 6) is 0. The largest absolute Gasteiger partial charge is 0.397 e. The number of nitrogens with zero attached hydrogens (tertiary/aromatic N) is 2. The van der Waals surface area contributed by atoms with Gasteiger partial charge in [0.2, 0.25) is 0 Å². The third kappa shape index (κ3) is 3.57. The second kappa shape index (κ2) is 3.76. The first-order valence-corrected chi connectivity index (χ1v) is 7.91. The summed E-state index contributed by atoms with van der Waals surface area (Å²) in [5, 5.41) is 3.95. The third-order valence-corrected chi connectivity index (χ3v) is 3.26. The summed E-state index contributed by atoms with van der Waals surface area (Å²) in [4.78, 5) is 6.88. The predicted molar refractivity (Wildman–Crippen MR) is 51.8 cm³/mol. The van der Waals surface area contributed by atoms with E-state index < -0.39 is 8.07 Å². The van der Waals surface area contributed by atoms with Crippen LogP contribution in [0.2, 0.25) is 25.7 Å². The molecule has 0 aliphatic carbocycles. The Hall–Kier alpha value is -0.773. The summed E-state index contributed by atoms with van der Waals surface area (Å²) in [6, 6.07) is 3.03. The number of aromatic nitrogens is 2. The minimum absolute atomic E-state index is 0.775. The molecule has 0 atom stereocenters. The molecule has 1 aromatic rings. The molecule has 68 valence electrons. The highest BCUT2D eigenvalue weighted by Crippen LogP contribution is 2.06. The summed E-state index contributed by atoms with van der Waals surface area (Å²) in [6.45, 7) is 7.77. The van der Waals surface area contributed by atoms with Gasteiger partial charge >= 0.3 is 0 Å². The van der Waals surface area contributed by atoms with Crippen molar-refractivity contribution >= 4 is 8.07 Å². The van der Waals surface area contributed by atoms with Crippen LogP contribution in [0.15, 0.2) is 18.5 Å². The molecule has 0 aliphatic heterocycles. The van der Waals surface area contributed by atoms with Gasteiger partial charge in [-0.05, 0) is 12.1 Å². The van der Waals surface area contributed by atoms with Gasteiger partial charge in [-0.25, -0.2) is 0 Å². The Morgan fingerprint density at radius 1 is 1.42 bits per heavy atom. The highest BCUT2D eigenvalue weighted by atomic mass is 28.3. The van der Waals surface area contributed by atoms with Crippen LogP contribution in [0.4, 0.5) is 0 Å². The Balaban J connectivity index is 2.20. The first kappa shape index (κ1) is 9.32. The van der Waals surface area contributed by atoms with Crippen LogP contribution in [-0.2, 0) is 0 Å². The van der Waals surface area contributed by atoms with Crippen LogP contribution in [0.5, 0.6) is 0 Å². The minimum atomic E-state index is -0.957. The molecule has 3 nitrogen and oxygen atoms in total. The molecule has 0 unspecified atom stereocenters. The maximum atomic E-state index is 5.36. The van der Waals surface area contributed by atoms with Gasteiger partial charge in [-0.3, -0.25) is 0 Å². The van der Waals surface area contributed by atoms with Crippen LogP contribution in [0, 0.1) is 0 Å². The van der Waals surface area contributed by atoms with E-state index in [0.717, 1.165) is 6.61 Å². The number of hydrogen-bond donors (Lipinski definition) is 0. The lowest BCUT2D eigenvalue weighted by atomic mass is 10.8. The summed E-state index contributed by atoms with van der Waals surface area (Å²) >= 11 is 0. The number of hydrogen-bond acceptors (Lipinski definition) is 2. The van der Waals surface area contributed by atoms with Crippen molar-refractivity contribution in [3.05, 3.63) is 18.5 Å². The summed E-state index contributed by atoms with van der Waals surface area (Å²) < 4.78 is 0. The molecule has 1 rings (SSSR count). The summed E-state index contributed by atoms with van der Waals surface area (Å²) in [6.07, 6.45) is 3.53. The van der Waals surface area contributed by atoms with Crippen LogP contribution in [0.3, 0.4) is 0 Å². The molecule has 0 spiro atoms. The normalized spacial score (nSPS) is 11.6. The zero-order valence-corrected chi connectivity index (χ0v) is 8.95. The van der Waals surface area contributed by atoms with E-state index in [0.29, 0.717) is 0 Å². The molecule has 1 aromatic heterocycles. The third-order valence-electron chi connectivity index (χ3n) is 1.56. The van der Waals surface area contributed by atoms with Crippen LogP contribution < -0.4 is 4.84 Å². The van der Waals surface area contributed by atoms with E-state index in [9.17, 15) is 0 Å². The molecule has 0 bridgehead atoms. The monoisotopic (exact) mass is 184 g/mol. The van der Waals surface area contributed by atoms with Gasteiger partial charge in [-0.1, -0.05) is 19.6 Å². The van der Waals surface area contributed by atoms with E-state index in [1.165, 1.54) is 10.9 Å². The molecule has 0 aromatic carbocycles. The van der Waals surface area contributed by atoms with E-state index >= 15 is 0 Å². The van der Waals surface area contributed by atoms with Gasteiger partial charge in [0, 0.05) is 8.07 Å². The van der Waals surface area contributed by atoms with E-state index in [2.05, 4.69) is 24.7 Å². The Bertz CT molecular complexity index is 215. The fourth-order valence-corrected chi connectivity index (χ4v) is 1.48. The van der Waals surface area contributed by atoms with Gasteiger partial charge in [0.05, 0.1) is 12.4 Å². The summed E-state index contributed by atoms with van der Waals surface area (Å²) in [5.41, 5.74) is 0. The van der Waals surface area contributed by atoms with Gasteiger partial charge < -0.3 is 4.84 Å². The molecule has 12 heavy (non-hydrogen) atoms. The van der Waals surface area contributed by atoms with Crippen LogP contribution in [0.1, 0.15) is 0 Å². The topological polar surface area (TPSA) is 27.1 Å². The summed E-state index contributed by atoms with van der Waals surface area (Å²) in [7, 11) is -0.957. The van der Waals surface area contributed by atoms with Gasteiger partial charge in [-0.15, -0.1) is 9.94 Å². The lowest BCUT2D eigenvalue weighted by molar-refractivity contribution is 0.0921. The quantitative estimate of drug-likeness (QED) is 0.665. The molecule has 0 N–H and O–H groups in total. The molecule has 1 heterocycles. The van der Waals surface area contributed by atoms with E-state index in [1.54, 1.807) is 6.20 Å². The SMILES string of the molecule is C[Si](C)(C)CCOn1cccn1. The van der Waals surface area contributed by atoms with Crippen molar-refractivity contribution in [2.75, 3.05) is 6.61 Å². The smallest absolute Gasteiger partial charge is 0.114 e. The Kier molecular flexibility index (Phi) is 2.92. The molecule has 0 aliphatic rings. The highest BCUT2D eigenvalue weighted by molar-refractivity contribution is 6.76.